The fraction of sp³-hybridized carbons (Fsp3) is 0.238. The van der Waals surface area contributed by atoms with Crippen LogP contribution in [0, 0.1) is 0 Å². The van der Waals surface area contributed by atoms with Crippen LogP contribution in [-0.4, -0.2) is 31.6 Å². The summed E-state index contributed by atoms with van der Waals surface area (Å²) in [6, 6.07) is 18.8. The number of ether oxygens (including phenoxy) is 1. The number of para-hydroxylation sites is 1. The second-order valence-corrected chi connectivity index (χ2v) is 5.75. The van der Waals surface area contributed by atoms with Gasteiger partial charge in [-0.3, -0.25) is 4.90 Å². The number of hydrogen-bond donors (Lipinski definition) is 0. The van der Waals surface area contributed by atoms with Gasteiger partial charge in [0.1, 0.15) is 5.75 Å². The maximum absolute atomic E-state index is 5.38. The molecule has 2 heteroatoms. The number of nitrogens with zero attached hydrogens (tertiary/aromatic N) is 1. The normalized spacial score (nSPS) is 15.6. The van der Waals surface area contributed by atoms with Crippen LogP contribution in [-0.2, 0) is 0 Å². The van der Waals surface area contributed by atoms with E-state index in [2.05, 4.69) is 59.5 Å². The van der Waals surface area contributed by atoms with E-state index < -0.39 is 0 Å². The monoisotopic (exact) mass is 305 g/mol. The summed E-state index contributed by atoms with van der Waals surface area (Å²) in [6.45, 7) is 3.09. The van der Waals surface area contributed by atoms with Crippen molar-refractivity contribution in [2.24, 2.45) is 0 Å². The molecule has 0 aliphatic carbocycles. The molecular weight excluding hydrogens is 282 g/mol. The quantitative estimate of drug-likeness (QED) is 0.806. The van der Waals surface area contributed by atoms with Gasteiger partial charge in [-0.2, -0.15) is 0 Å². The summed E-state index contributed by atoms with van der Waals surface area (Å²) in [5.41, 5.74) is 3.96. The van der Waals surface area contributed by atoms with Crippen LogP contribution < -0.4 is 4.74 Å². The molecule has 23 heavy (non-hydrogen) atoms. The van der Waals surface area contributed by atoms with Gasteiger partial charge < -0.3 is 4.74 Å². The van der Waals surface area contributed by atoms with Crippen molar-refractivity contribution < 1.29 is 4.74 Å². The largest absolute Gasteiger partial charge is 0.496 e. The maximum atomic E-state index is 5.38. The van der Waals surface area contributed by atoms with Crippen molar-refractivity contribution in [3.8, 4) is 5.75 Å². The second kappa shape index (κ2) is 7.80. The first kappa shape index (κ1) is 15.6. The maximum Gasteiger partial charge on any atom is 0.126 e. The topological polar surface area (TPSA) is 12.5 Å². The highest BCUT2D eigenvalue weighted by atomic mass is 16.5. The summed E-state index contributed by atoms with van der Waals surface area (Å²) in [4.78, 5) is 2.46. The standard InChI is InChI=1S/C21H23NO/c1-23-21-12-6-5-10-20(21)11-7-15-22-16-13-19(14-17-22)18-8-3-2-4-9-18/h2-13H,14-17H2,1H3. The third kappa shape index (κ3) is 4.11. The van der Waals surface area contributed by atoms with Crippen LogP contribution in [0.3, 0.4) is 0 Å². The van der Waals surface area contributed by atoms with Gasteiger partial charge in [0, 0.05) is 25.2 Å². The number of methoxy groups -OCH3 is 1. The van der Waals surface area contributed by atoms with Crippen LogP contribution in [0.1, 0.15) is 17.5 Å². The Morgan fingerprint density at radius 3 is 2.57 bits per heavy atom. The number of hydrogen-bond acceptors (Lipinski definition) is 2. The summed E-state index contributed by atoms with van der Waals surface area (Å²) in [5.74, 6) is 0.925. The molecule has 0 saturated carbocycles. The fourth-order valence-corrected chi connectivity index (χ4v) is 2.92. The molecule has 0 fully saturated rings. The van der Waals surface area contributed by atoms with Crippen molar-refractivity contribution in [3.05, 3.63) is 77.9 Å². The zero-order valence-electron chi connectivity index (χ0n) is 13.6. The number of rotatable bonds is 5. The van der Waals surface area contributed by atoms with Crippen molar-refractivity contribution in [1.29, 1.82) is 0 Å². The smallest absolute Gasteiger partial charge is 0.126 e. The molecular formula is C21H23NO. The van der Waals surface area contributed by atoms with Crippen molar-refractivity contribution in [1.82, 2.24) is 4.90 Å². The van der Waals surface area contributed by atoms with Crippen LogP contribution in [0.5, 0.6) is 5.75 Å². The molecule has 0 aromatic heterocycles. The lowest BCUT2D eigenvalue weighted by Crippen LogP contribution is -2.28. The Morgan fingerprint density at radius 2 is 1.83 bits per heavy atom. The van der Waals surface area contributed by atoms with E-state index >= 15 is 0 Å². The summed E-state index contributed by atoms with van der Waals surface area (Å²) < 4.78 is 5.38. The molecule has 2 nitrogen and oxygen atoms in total. The Hall–Kier alpha value is -2.32. The van der Waals surface area contributed by atoms with E-state index in [1.54, 1.807) is 7.11 Å². The molecule has 0 amide bonds. The van der Waals surface area contributed by atoms with E-state index in [0.29, 0.717) is 0 Å². The minimum absolute atomic E-state index is 0.925. The highest BCUT2D eigenvalue weighted by Gasteiger charge is 2.11. The molecule has 0 bridgehead atoms. The van der Waals surface area contributed by atoms with Crippen LogP contribution in [0.25, 0.3) is 11.6 Å². The third-order valence-electron chi connectivity index (χ3n) is 4.24. The molecule has 1 aliphatic heterocycles. The van der Waals surface area contributed by atoms with E-state index in [4.69, 9.17) is 4.74 Å². The molecule has 2 aromatic rings. The Kier molecular flexibility index (Phi) is 5.28. The van der Waals surface area contributed by atoms with E-state index in [0.717, 1.165) is 37.4 Å². The highest BCUT2D eigenvalue weighted by Crippen LogP contribution is 2.22. The molecule has 0 atom stereocenters. The predicted octanol–water partition coefficient (Wildman–Crippen LogP) is 4.50. The van der Waals surface area contributed by atoms with Gasteiger partial charge in [-0.15, -0.1) is 0 Å². The van der Waals surface area contributed by atoms with E-state index in [-0.39, 0.29) is 0 Å². The van der Waals surface area contributed by atoms with E-state index in [9.17, 15) is 0 Å². The predicted molar refractivity (Wildman–Crippen MR) is 97.5 cm³/mol. The van der Waals surface area contributed by atoms with Gasteiger partial charge in [0.25, 0.3) is 0 Å². The van der Waals surface area contributed by atoms with Crippen LogP contribution in [0.15, 0.2) is 66.7 Å². The van der Waals surface area contributed by atoms with Gasteiger partial charge in [-0.1, -0.05) is 66.8 Å². The summed E-state index contributed by atoms with van der Waals surface area (Å²) >= 11 is 0. The van der Waals surface area contributed by atoms with Crippen molar-refractivity contribution >= 4 is 11.6 Å². The Labute approximate surface area is 138 Å². The minimum atomic E-state index is 0.925. The van der Waals surface area contributed by atoms with Gasteiger partial charge in [0.2, 0.25) is 0 Å². The molecule has 1 aliphatic rings. The average molecular weight is 305 g/mol. The second-order valence-electron chi connectivity index (χ2n) is 5.75. The van der Waals surface area contributed by atoms with Crippen LogP contribution >= 0.6 is 0 Å². The first-order chi connectivity index (χ1) is 11.4. The molecule has 0 unspecified atom stereocenters. The van der Waals surface area contributed by atoms with Gasteiger partial charge in [-0.25, -0.2) is 0 Å². The van der Waals surface area contributed by atoms with E-state index in [1.807, 2.05) is 18.2 Å². The molecule has 0 saturated heterocycles. The van der Waals surface area contributed by atoms with Gasteiger partial charge >= 0.3 is 0 Å². The van der Waals surface area contributed by atoms with Crippen LogP contribution in [0.4, 0.5) is 0 Å². The Morgan fingerprint density at radius 1 is 1.04 bits per heavy atom. The zero-order valence-corrected chi connectivity index (χ0v) is 13.6. The molecule has 3 rings (SSSR count). The molecule has 2 aromatic carbocycles. The fourth-order valence-electron chi connectivity index (χ4n) is 2.92. The van der Waals surface area contributed by atoms with Gasteiger partial charge in [0.15, 0.2) is 0 Å². The van der Waals surface area contributed by atoms with Crippen molar-refractivity contribution in [2.75, 3.05) is 26.7 Å². The lowest BCUT2D eigenvalue weighted by atomic mass is 10.00. The average Bonchev–Trinajstić information content (AvgIpc) is 2.63. The van der Waals surface area contributed by atoms with Crippen LogP contribution in [0.2, 0.25) is 0 Å². The first-order valence-corrected chi connectivity index (χ1v) is 8.13. The van der Waals surface area contributed by atoms with E-state index in [1.165, 1.54) is 11.1 Å². The molecule has 0 spiro atoms. The molecule has 118 valence electrons. The molecule has 1 heterocycles. The van der Waals surface area contributed by atoms with Gasteiger partial charge in [0.05, 0.1) is 7.11 Å². The summed E-state index contributed by atoms with van der Waals surface area (Å²) in [7, 11) is 1.72. The highest BCUT2D eigenvalue weighted by molar-refractivity contribution is 5.66. The molecule has 0 radical (unpaired) electrons. The Balaban J connectivity index is 1.57. The lowest BCUT2D eigenvalue weighted by molar-refractivity contribution is 0.335. The lowest BCUT2D eigenvalue weighted by Gasteiger charge is -2.25. The third-order valence-corrected chi connectivity index (χ3v) is 4.24. The zero-order chi connectivity index (χ0) is 15.9. The first-order valence-electron chi connectivity index (χ1n) is 8.13. The minimum Gasteiger partial charge on any atom is -0.496 e. The van der Waals surface area contributed by atoms with Crippen molar-refractivity contribution in [3.63, 3.8) is 0 Å². The SMILES string of the molecule is COc1ccccc1C=CCN1CC=C(c2ccccc2)CC1. The summed E-state index contributed by atoms with van der Waals surface area (Å²) in [6.07, 6.45) is 7.84. The van der Waals surface area contributed by atoms with Crippen molar-refractivity contribution in [2.45, 2.75) is 6.42 Å². The Bertz CT molecular complexity index is 688. The van der Waals surface area contributed by atoms with Gasteiger partial charge in [-0.05, 0) is 23.6 Å². The number of benzene rings is 2. The summed E-state index contributed by atoms with van der Waals surface area (Å²) in [5, 5.41) is 0. The molecule has 0 N–H and O–H groups in total.